The van der Waals surface area contributed by atoms with Crippen LogP contribution < -0.4 is 15.6 Å². The fourth-order valence-corrected chi connectivity index (χ4v) is 2.57. The Morgan fingerprint density at radius 1 is 1.18 bits per heavy atom. The summed E-state index contributed by atoms with van der Waals surface area (Å²) in [5, 5.41) is 12.2. The van der Waals surface area contributed by atoms with Crippen LogP contribution in [0.4, 0.5) is 18.9 Å². The van der Waals surface area contributed by atoms with Crippen LogP contribution in [0.15, 0.2) is 53.3 Å². The van der Waals surface area contributed by atoms with Crippen molar-refractivity contribution in [1.29, 1.82) is 5.26 Å². The smallest absolute Gasteiger partial charge is 0.422 e. The molecule has 1 heterocycles. The number of nitriles is 1. The molecule has 0 unspecified atom stereocenters. The lowest BCUT2D eigenvalue weighted by molar-refractivity contribution is -0.153. The van der Waals surface area contributed by atoms with E-state index < -0.39 is 24.2 Å². The van der Waals surface area contributed by atoms with Gasteiger partial charge in [0.1, 0.15) is 11.8 Å². The average molecular weight is 387 g/mol. The van der Waals surface area contributed by atoms with Crippen molar-refractivity contribution in [3.8, 4) is 11.8 Å². The normalized spacial score (nSPS) is 11.1. The number of amides is 1. The van der Waals surface area contributed by atoms with Gasteiger partial charge in [-0.15, -0.1) is 0 Å². The summed E-state index contributed by atoms with van der Waals surface area (Å²) in [4.78, 5) is 27.0. The molecule has 0 atom stereocenters. The number of para-hydroxylation sites is 1. The van der Waals surface area contributed by atoms with Crippen LogP contribution in [0.3, 0.4) is 0 Å². The third kappa shape index (κ3) is 4.29. The van der Waals surface area contributed by atoms with E-state index in [1.165, 1.54) is 12.1 Å². The number of nitrogens with one attached hydrogen (secondary N) is 2. The monoisotopic (exact) mass is 387 g/mol. The van der Waals surface area contributed by atoms with E-state index in [4.69, 9.17) is 5.26 Å². The van der Waals surface area contributed by atoms with Gasteiger partial charge in [0.25, 0.3) is 5.91 Å². The number of nitrogens with zero attached hydrogens (tertiary/aromatic N) is 1. The molecule has 6 nitrogen and oxygen atoms in total. The van der Waals surface area contributed by atoms with Crippen molar-refractivity contribution in [3.05, 3.63) is 70.0 Å². The Labute approximate surface area is 156 Å². The molecule has 3 rings (SSSR count). The van der Waals surface area contributed by atoms with Crippen LogP contribution in [0, 0.1) is 11.3 Å². The van der Waals surface area contributed by atoms with Gasteiger partial charge >= 0.3 is 6.18 Å². The number of aromatic amines is 1. The number of H-pyrrole nitrogens is 1. The minimum absolute atomic E-state index is 0.121. The van der Waals surface area contributed by atoms with Crippen LogP contribution in [-0.4, -0.2) is 23.7 Å². The summed E-state index contributed by atoms with van der Waals surface area (Å²) in [6, 6.07) is 13.3. The van der Waals surface area contributed by atoms with Gasteiger partial charge in [-0.3, -0.25) is 9.59 Å². The highest BCUT2D eigenvalue weighted by Gasteiger charge is 2.29. The minimum Gasteiger partial charge on any atom is -0.483 e. The number of benzene rings is 2. The molecule has 142 valence electrons. The van der Waals surface area contributed by atoms with Gasteiger partial charge < -0.3 is 15.0 Å². The van der Waals surface area contributed by atoms with Crippen molar-refractivity contribution in [2.75, 3.05) is 11.9 Å². The van der Waals surface area contributed by atoms with Crippen molar-refractivity contribution >= 4 is 22.5 Å². The molecule has 2 aromatic carbocycles. The van der Waals surface area contributed by atoms with Gasteiger partial charge in [-0.1, -0.05) is 18.2 Å². The van der Waals surface area contributed by atoms with Gasteiger partial charge in [-0.2, -0.15) is 18.4 Å². The Balaban J connectivity index is 1.87. The Morgan fingerprint density at radius 2 is 1.93 bits per heavy atom. The molecule has 2 N–H and O–H groups in total. The topological polar surface area (TPSA) is 95.0 Å². The Kier molecular flexibility index (Phi) is 5.04. The number of pyridine rings is 1. The van der Waals surface area contributed by atoms with Crippen LogP contribution in [-0.2, 0) is 0 Å². The first-order chi connectivity index (χ1) is 13.3. The Morgan fingerprint density at radius 3 is 2.64 bits per heavy atom. The SMILES string of the molecule is N#Cc1cc(NC(=O)c2cc(=O)[nH]c3ccccc23)ccc1OCC(F)(F)F. The lowest BCUT2D eigenvalue weighted by atomic mass is 10.1. The molecule has 0 spiro atoms. The summed E-state index contributed by atoms with van der Waals surface area (Å²) in [7, 11) is 0. The molecule has 0 radical (unpaired) electrons. The second-order valence-electron chi connectivity index (χ2n) is 5.77. The largest absolute Gasteiger partial charge is 0.483 e. The summed E-state index contributed by atoms with van der Waals surface area (Å²) in [6.45, 7) is -1.54. The summed E-state index contributed by atoms with van der Waals surface area (Å²) < 4.78 is 41.5. The van der Waals surface area contributed by atoms with Crippen molar-refractivity contribution in [2.24, 2.45) is 0 Å². The van der Waals surface area contributed by atoms with Gasteiger partial charge in [-0.25, -0.2) is 0 Å². The Hall–Kier alpha value is -3.80. The highest BCUT2D eigenvalue weighted by atomic mass is 19.4. The average Bonchev–Trinajstić information content (AvgIpc) is 2.65. The summed E-state index contributed by atoms with van der Waals surface area (Å²) in [5.41, 5.74) is 0.143. The molecule has 1 aromatic heterocycles. The number of carbonyl (C=O) groups excluding carboxylic acids is 1. The number of halogens is 3. The van der Waals surface area contributed by atoms with Crippen molar-refractivity contribution < 1.29 is 22.7 Å². The molecule has 0 bridgehead atoms. The minimum atomic E-state index is -4.54. The standard InChI is InChI=1S/C19H12F3N3O3/c20-19(21,22)10-28-16-6-5-12(7-11(16)9-23)24-18(27)14-8-17(26)25-15-4-2-1-3-13(14)15/h1-8H,10H2,(H,24,27)(H,25,26). The molecule has 1 amide bonds. The van der Waals surface area contributed by atoms with Gasteiger partial charge in [0, 0.05) is 22.7 Å². The Bertz CT molecular complexity index is 1150. The third-order valence-electron chi connectivity index (χ3n) is 3.74. The first-order valence-electron chi connectivity index (χ1n) is 7.94. The van der Waals surface area contributed by atoms with Crippen molar-refractivity contribution in [2.45, 2.75) is 6.18 Å². The number of aromatic nitrogens is 1. The first kappa shape index (κ1) is 19.0. The molecule has 0 aliphatic rings. The highest BCUT2D eigenvalue weighted by molar-refractivity contribution is 6.12. The number of anilines is 1. The van der Waals surface area contributed by atoms with E-state index in [9.17, 15) is 22.8 Å². The predicted molar refractivity (Wildman–Crippen MR) is 95.2 cm³/mol. The summed E-state index contributed by atoms with van der Waals surface area (Å²) >= 11 is 0. The fourth-order valence-electron chi connectivity index (χ4n) is 2.57. The number of fused-ring (bicyclic) bond motifs is 1. The maximum Gasteiger partial charge on any atom is 0.422 e. The van der Waals surface area contributed by atoms with Crippen LogP contribution >= 0.6 is 0 Å². The first-order valence-corrected chi connectivity index (χ1v) is 7.94. The lowest BCUT2D eigenvalue weighted by Gasteiger charge is -2.12. The zero-order chi connectivity index (χ0) is 20.3. The maximum atomic E-state index is 12.6. The molecule has 0 saturated heterocycles. The molecule has 0 aliphatic heterocycles. The summed E-state index contributed by atoms with van der Waals surface area (Å²) in [5.74, 6) is -0.852. The van der Waals surface area contributed by atoms with Crippen LogP contribution in [0.2, 0.25) is 0 Å². The van der Waals surface area contributed by atoms with Gasteiger partial charge in [0.05, 0.1) is 11.1 Å². The van der Waals surface area contributed by atoms with E-state index in [0.29, 0.717) is 10.9 Å². The number of carbonyl (C=O) groups is 1. The summed E-state index contributed by atoms with van der Waals surface area (Å²) in [6.07, 6.45) is -4.54. The van der Waals surface area contributed by atoms with Crippen LogP contribution in [0.1, 0.15) is 15.9 Å². The molecule has 28 heavy (non-hydrogen) atoms. The van der Waals surface area contributed by atoms with E-state index in [1.54, 1.807) is 30.3 Å². The van der Waals surface area contributed by atoms with Crippen molar-refractivity contribution in [1.82, 2.24) is 4.98 Å². The second-order valence-corrected chi connectivity index (χ2v) is 5.77. The van der Waals surface area contributed by atoms with E-state index in [2.05, 4.69) is 15.0 Å². The molecular formula is C19H12F3N3O3. The van der Waals surface area contributed by atoms with E-state index in [0.717, 1.165) is 12.1 Å². The predicted octanol–water partition coefficient (Wildman–Crippen LogP) is 3.59. The van der Waals surface area contributed by atoms with Gasteiger partial charge in [0.15, 0.2) is 6.61 Å². The number of alkyl halides is 3. The lowest BCUT2D eigenvalue weighted by Crippen LogP contribution is -2.20. The third-order valence-corrected chi connectivity index (χ3v) is 3.74. The second kappa shape index (κ2) is 7.44. The van der Waals surface area contributed by atoms with E-state index in [1.807, 2.05) is 0 Å². The van der Waals surface area contributed by atoms with E-state index >= 15 is 0 Å². The number of hydrogen-bond acceptors (Lipinski definition) is 4. The van der Waals surface area contributed by atoms with Crippen LogP contribution in [0.25, 0.3) is 10.9 Å². The zero-order valence-corrected chi connectivity index (χ0v) is 14.1. The quantitative estimate of drug-likeness (QED) is 0.715. The number of ether oxygens (including phenoxy) is 1. The number of hydrogen-bond donors (Lipinski definition) is 2. The number of rotatable bonds is 4. The van der Waals surface area contributed by atoms with Gasteiger partial charge in [-0.05, 0) is 24.3 Å². The van der Waals surface area contributed by atoms with Crippen molar-refractivity contribution in [3.63, 3.8) is 0 Å². The molecular weight excluding hydrogens is 375 g/mol. The van der Waals surface area contributed by atoms with Crippen LogP contribution in [0.5, 0.6) is 5.75 Å². The highest BCUT2D eigenvalue weighted by Crippen LogP contribution is 2.25. The zero-order valence-electron chi connectivity index (χ0n) is 14.1. The maximum absolute atomic E-state index is 12.6. The molecule has 0 fully saturated rings. The fraction of sp³-hybridized carbons (Fsp3) is 0.105. The molecule has 9 heteroatoms. The van der Waals surface area contributed by atoms with Gasteiger partial charge in [0.2, 0.25) is 5.56 Å². The molecule has 3 aromatic rings. The molecule has 0 saturated carbocycles. The molecule has 0 aliphatic carbocycles. The van der Waals surface area contributed by atoms with E-state index in [-0.39, 0.29) is 22.6 Å².